The first-order chi connectivity index (χ1) is 47.3. The summed E-state index contributed by atoms with van der Waals surface area (Å²) in [6.45, 7) is -1.02. The molecule has 0 amide bonds. The van der Waals surface area contributed by atoms with Gasteiger partial charge in [-0.25, -0.2) is 48.9 Å². The third-order valence-electron chi connectivity index (χ3n) is 16.8. The molecule has 99 heavy (non-hydrogen) atoms. The van der Waals surface area contributed by atoms with Crippen LogP contribution in [0.25, 0.3) is 11.2 Å². The van der Waals surface area contributed by atoms with Crippen molar-refractivity contribution in [2.45, 2.75) is 112 Å². The van der Waals surface area contributed by atoms with Crippen LogP contribution in [-0.2, 0) is 85.5 Å². The van der Waals surface area contributed by atoms with Crippen LogP contribution in [0.4, 0.5) is 11.6 Å². The number of phosphoric ester groups is 1. The fourth-order valence-electron chi connectivity index (χ4n) is 11.9. The van der Waals surface area contributed by atoms with Crippen molar-refractivity contribution in [2.24, 2.45) is 0 Å². The number of aryl methyl sites for hydroxylation is 1. The van der Waals surface area contributed by atoms with Crippen LogP contribution in [0.1, 0.15) is 72.8 Å². The molecule has 5 aromatic heterocycles. The molecule has 3 aromatic carbocycles. The van der Waals surface area contributed by atoms with Gasteiger partial charge in [-0.1, -0.05) is 54.6 Å². The lowest BCUT2D eigenvalue weighted by Crippen LogP contribution is -2.38. The molecule has 4 aliphatic heterocycles. The van der Waals surface area contributed by atoms with E-state index in [1.165, 1.54) is 50.3 Å². The van der Waals surface area contributed by atoms with Gasteiger partial charge in [0.2, 0.25) is 0 Å². The quantitative estimate of drug-likeness (QED) is 0.0221. The lowest BCUT2D eigenvalue weighted by Gasteiger charge is -2.37. The highest BCUT2D eigenvalue weighted by molar-refractivity contribution is 8.35. The van der Waals surface area contributed by atoms with Crippen molar-refractivity contribution < 1.29 is 94.9 Å². The summed E-state index contributed by atoms with van der Waals surface area (Å²) < 4.78 is 97.7. The molecule has 12 rings (SSSR count). The molecule has 4 saturated heterocycles. The van der Waals surface area contributed by atoms with Crippen LogP contribution in [0.3, 0.4) is 0 Å². The van der Waals surface area contributed by atoms with E-state index >= 15 is 0 Å². The van der Waals surface area contributed by atoms with Crippen molar-refractivity contribution >= 4 is 69.4 Å². The Morgan fingerprint density at radius 1 is 0.667 bits per heavy atom. The number of benzene rings is 3. The number of nitrogen functional groups attached to an aromatic ring is 2. The highest BCUT2D eigenvalue weighted by atomic mass is 32.7. The van der Waals surface area contributed by atoms with Crippen LogP contribution in [0.15, 0.2) is 132 Å². The zero-order chi connectivity index (χ0) is 70.1. The first kappa shape index (κ1) is 71.7. The molecular weight excluding hydrogens is 1400 g/mol. The summed E-state index contributed by atoms with van der Waals surface area (Å²) in [7, 11) is -11.2. The number of nitrogens with two attached hydrogens (primary N) is 2. The molecule has 0 spiro atoms. The molecule has 4 aliphatic rings. The Balaban J connectivity index is 0.778. The van der Waals surface area contributed by atoms with E-state index in [2.05, 4.69) is 29.9 Å². The van der Waals surface area contributed by atoms with E-state index in [-0.39, 0.29) is 60.5 Å². The average molecular weight is 1470 g/mol. The van der Waals surface area contributed by atoms with Gasteiger partial charge < -0.3 is 93.9 Å². The summed E-state index contributed by atoms with van der Waals surface area (Å²) in [5.41, 5.74) is 11.2. The second kappa shape index (κ2) is 29.8. The molecule has 15 atom stereocenters. The fraction of sp³-hybridized carbons (Fsp3) is 0.407. The van der Waals surface area contributed by atoms with Gasteiger partial charge in [-0.3, -0.25) is 28.2 Å². The number of phosphoric acid groups is 1. The van der Waals surface area contributed by atoms with Crippen LogP contribution >= 0.6 is 22.1 Å². The van der Waals surface area contributed by atoms with Gasteiger partial charge in [-0.15, -0.1) is 0 Å². The minimum Gasteiger partial charge on any atom is -0.858 e. The fourth-order valence-corrected chi connectivity index (χ4v) is 15.8. The Kier molecular flexibility index (Phi) is 21.6. The largest absolute Gasteiger partial charge is 0.858 e. The van der Waals surface area contributed by atoms with Gasteiger partial charge in [0.1, 0.15) is 121 Å². The van der Waals surface area contributed by atoms with Gasteiger partial charge in [0, 0.05) is 44.3 Å². The van der Waals surface area contributed by atoms with E-state index in [1.807, 2.05) is 54.6 Å². The van der Waals surface area contributed by atoms with Gasteiger partial charge in [0.25, 0.3) is 14.3 Å². The lowest BCUT2D eigenvalue weighted by molar-refractivity contribution is -0.291. The molecule has 0 saturated carbocycles. The number of anilines is 2. The normalized spacial score (nSPS) is 25.9. The van der Waals surface area contributed by atoms with Crippen molar-refractivity contribution in [1.82, 2.24) is 48.2 Å². The van der Waals surface area contributed by atoms with Crippen molar-refractivity contribution in [3.8, 4) is 23.4 Å². The number of imidazole rings is 1. The number of nitrogens with one attached hydrogen (secondary N) is 1. The number of fused-ring (bicyclic) bond motifs is 1. The zero-order valence-electron chi connectivity index (χ0n) is 52.6. The molecule has 0 bridgehead atoms. The van der Waals surface area contributed by atoms with Gasteiger partial charge >= 0.3 is 19.2 Å². The van der Waals surface area contributed by atoms with Crippen LogP contribution in [0, 0.1) is 12.3 Å². The first-order valence-corrected chi connectivity index (χ1v) is 37.1. The van der Waals surface area contributed by atoms with Gasteiger partial charge in [-0.2, -0.15) is 23.1 Å². The number of aliphatic hydroxyl groups excluding tert-OH is 1. The predicted octanol–water partition coefficient (Wildman–Crippen LogP) is 2.61. The summed E-state index contributed by atoms with van der Waals surface area (Å²) >= 11 is 11.1. The monoisotopic (exact) mass is 1470 g/mol. The van der Waals surface area contributed by atoms with E-state index in [9.17, 15) is 44.2 Å². The van der Waals surface area contributed by atoms with Crippen molar-refractivity contribution in [3.63, 3.8) is 0 Å². The molecule has 4 fully saturated rings. The van der Waals surface area contributed by atoms with Gasteiger partial charge in [0.15, 0.2) is 11.5 Å². The number of methoxy groups -OCH3 is 2. The van der Waals surface area contributed by atoms with E-state index in [4.69, 9.17) is 102 Å². The minimum absolute atomic E-state index is 0.0223. The number of nitrogens with zero attached hydrogens (tertiary/aromatic N) is 10. The Morgan fingerprint density at radius 2 is 1.20 bits per heavy atom. The van der Waals surface area contributed by atoms with Crippen LogP contribution in [-0.4, -0.2) is 157 Å². The van der Waals surface area contributed by atoms with Crippen LogP contribution in [0.2, 0.25) is 0 Å². The minimum atomic E-state index is -5.37. The molecule has 3 unspecified atom stereocenters. The standard InChI is InChI=1S/C59H68N13O22P3S2/c1-32-25-71(58(77)68-55(32)74)50-23-41(94-96(80,98)86-27-42-38(73)21-48(88-42)69-19-17-46(60)66-56(69)75)44(91-50)28-85-95(78,79)92-39-22-49(70-20-18-47(61)67-57(70)76)90-45(39)29-87-97(81,99)93-40-24-51(72-31-65-52-53(62)63-30-64-54(52)72)89-43(40)26-84-59(33-7-5-4-6-8-33,34-9-13-36(82-2)14-10-34)35-11-15-37(83-3)16-12-35/h4-20,25,30-31,38-45,48-51,73H,21-24,26-29H2,1-3H3,(H,78,79)(H,80,98)(H,81,99)(H2,60,66,75)(H2,61,67,76)(H2,62,63,64)(H,68,74,77)/p-2/t38-,39-,40-,41-,42+,43+,44+,45+,48+,49+,50+,51+,96?,97?/m0/s1. The second-order valence-electron chi connectivity index (χ2n) is 23.1. The highest BCUT2D eigenvalue weighted by Gasteiger charge is 2.51. The molecule has 9 heterocycles. The highest BCUT2D eigenvalue weighted by Crippen LogP contribution is 2.60. The third kappa shape index (κ3) is 16.1. The SMILES string of the molecule is COc1ccc(C(OC[C@H]2O[C@@H](n3cnc4c(N)ncnc43)C[C@@H]2O[P+](O)([S-])OC[C@H]2O[C@@H](n3ccc(N)nc3=O)C[C@@H]2OP(=O)(O)OC[C@H]2O[C@@H](n3cc(C)c([O-])nc3=O)C[C@@H]2O[P+](O)([S-])OC[C@H]2O[C@@H](n3ccc(=N)nc3[O-])C[C@@H]2O)(c2ccccc2)c2ccc(OC)cc2)cc1. The van der Waals surface area contributed by atoms with E-state index in [1.54, 1.807) is 43.1 Å². The Morgan fingerprint density at radius 3 is 1.82 bits per heavy atom. The maximum absolute atomic E-state index is 14.3. The van der Waals surface area contributed by atoms with Gasteiger partial charge in [-0.05, 0) is 71.5 Å². The summed E-state index contributed by atoms with van der Waals surface area (Å²) in [5.74, 6) is 0.349. The molecule has 9 N–H and O–H groups in total. The summed E-state index contributed by atoms with van der Waals surface area (Å²) in [6, 6.07) is 25.9. The van der Waals surface area contributed by atoms with Crippen molar-refractivity contribution in [1.29, 1.82) is 5.41 Å². The topological polar surface area (TPSA) is 471 Å². The summed E-state index contributed by atoms with van der Waals surface area (Å²) in [6.07, 6.45) is -9.39. The first-order valence-electron chi connectivity index (χ1n) is 30.4. The number of rotatable bonds is 27. The summed E-state index contributed by atoms with van der Waals surface area (Å²) in [4.78, 5) is 85.5. The van der Waals surface area contributed by atoms with Crippen LogP contribution in [0.5, 0.6) is 23.4 Å². The molecule has 0 radical (unpaired) electrons. The molecule has 0 aliphatic carbocycles. The van der Waals surface area contributed by atoms with Crippen molar-refractivity contribution in [2.75, 3.05) is 52.1 Å². The number of hydrogen-bond donors (Lipinski definition) is 7. The van der Waals surface area contributed by atoms with Crippen molar-refractivity contribution in [3.05, 3.63) is 171 Å². The number of hydrogen-bond acceptors (Lipinski definition) is 32. The molecular formula is C59H66N13O22P3S2-2. The number of ether oxygens (including phenoxy) is 7. The molecule has 8 aromatic rings. The Bertz CT molecular complexity index is 4350. The van der Waals surface area contributed by atoms with E-state index in [0.717, 1.165) is 19.3 Å². The average Bonchev–Trinajstić information content (AvgIpc) is 1.47. The molecule has 40 heteroatoms. The van der Waals surface area contributed by atoms with E-state index < -0.39 is 145 Å². The zero-order valence-corrected chi connectivity index (χ0v) is 56.9. The molecule has 35 nitrogen and oxygen atoms in total. The third-order valence-corrected chi connectivity index (χ3v) is 21.0. The number of aliphatic hydroxyl groups is 1. The maximum atomic E-state index is 14.3. The Hall–Kier alpha value is -7.16. The second-order valence-corrected chi connectivity index (χ2v) is 30.1. The summed E-state index contributed by atoms with van der Waals surface area (Å²) in [5, 5.41) is 43.3. The predicted molar refractivity (Wildman–Crippen MR) is 347 cm³/mol. The Labute approximate surface area is 573 Å². The maximum Gasteiger partial charge on any atom is 0.472 e. The smallest absolute Gasteiger partial charge is 0.472 e. The van der Waals surface area contributed by atoms with Gasteiger partial charge in [0.05, 0.1) is 45.9 Å². The lowest BCUT2D eigenvalue weighted by atomic mass is 9.80. The molecule has 528 valence electrons. The van der Waals surface area contributed by atoms with E-state index in [0.29, 0.717) is 28.3 Å². The van der Waals surface area contributed by atoms with Crippen LogP contribution < -0.4 is 48.0 Å². The number of aromatic nitrogens is 10.